The maximum atomic E-state index is 13.8. The Hall–Kier alpha value is -4.26. The van der Waals surface area contributed by atoms with Crippen LogP contribution in [0.25, 0.3) is 10.9 Å². The standard InChI is InChI=1S/C30H30N4O3/c1-20(29(35)33-17-15-32(16-18-33)26-13-7-8-14-27(26)37-2)34-28(22-10-3-4-11-23(22)30(34)36)24-19-31-25-12-6-5-9-21(24)25/h3-14,19-20,28,31H,15-18H2,1-2H3/t20-,28-/m1/s1. The quantitative estimate of drug-likeness (QED) is 0.445. The van der Waals surface area contributed by atoms with E-state index >= 15 is 0 Å². The van der Waals surface area contributed by atoms with Gasteiger partial charge in [0.2, 0.25) is 5.91 Å². The Morgan fingerprint density at radius 1 is 0.919 bits per heavy atom. The molecule has 2 amide bonds. The number of nitrogens with one attached hydrogen (secondary N) is 1. The van der Waals surface area contributed by atoms with Crippen LogP contribution in [-0.2, 0) is 4.79 Å². The molecule has 37 heavy (non-hydrogen) atoms. The molecule has 0 aliphatic carbocycles. The van der Waals surface area contributed by atoms with Crippen LogP contribution in [0.1, 0.15) is 34.5 Å². The number of hydrogen-bond acceptors (Lipinski definition) is 4. The second-order valence-corrected chi connectivity index (χ2v) is 9.65. The zero-order valence-electron chi connectivity index (χ0n) is 21.1. The summed E-state index contributed by atoms with van der Waals surface area (Å²) in [5.41, 5.74) is 4.67. The Kier molecular flexibility index (Phi) is 5.83. The molecule has 3 aromatic carbocycles. The zero-order chi connectivity index (χ0) is 25.5. The van der Waals surface area contributed by atoms with Gasteiger partial charge in [-0.2, -0.15) is 0 Å². The van der Waals surface area contributed by atoms with Gasteiger partial charge in [-0.3, -0.25) is 9.59 Å². The minimum atomic E-state index is -0.601. The van der Waals surface area contributed by atoms with Crippen molar-refractivity contribution in [1.29, 1.82) is 0 Å². The third kappa shape index (κ3) is 3.82. The van der Waals surface area contributed by atoms with Gasteiger partial charge in [0.05, 0.1) is 18.8 Å². The molecule has 3 heterocycles. The van der Waals surface area contributed by atoms with Gasteiger partial charge in [0.25, 0.3) is 5.91 Å². The topological polar surface area (TPSA) is 68.9 Å². The number of carbonyl (C=O) groups excluding carboxylic acids is 2. The van der Waals surface area contributed by atoms with Crippen LogP contribution in [0.15, 0.2) is 79.0 Å². The lowest BCUT2D eigenvalue weighted by Gasteiger charge is -2.39. The predicted molar refractivity (Wildman–Crippen MR) is 144 cm³/mol. The van der Waals surface area contributed by atoms with Crippen LogP contribution in [0, 0.1) is 0 Å². The molecule has 1 N–H and O–H groups in total. The summed E-state index contributed by atoms with van der Waals surface area (Å²) in [4.78, 5) is 36.8. The number of rotatable bonds is 5. The third-order valence-electron chi connectivity index (χ3n) is 7.71. The molecule has 2 atom stereocenters. The van der Waals surface area contributed by atoms with E-state index in [0.717, 1.165) is 33.5 Å². The monoisotopic (exact) mass is 494 g/mol. The van der Waals surface area contributed by atoms with E-state index in [1.54, 1.807) is 12.0 Å². The molecular formula is C30H30N4O3. The van der Waals surface area contributed by atoms with E-state index in [2.05, 4.69) is 16.0 Å². The molecule has 2 aliphatic rings. The summed E-state index contributed by atoms with van der Waals surface area (Å²) in [7, 11) is 1.68. The smallest absolute Gasteiger partial charge is 0.255 e. The number of piperazine rings is 1. The molecule has 4 aromatic rings. The van der Waals surface area contributed by atoms with Gasteiger partial charge < -0.3 is 24.4 Å². The molecule has 6 rings (SSSR count). The molecule has 1 saturated heterocycles. The maximum absolute atomic E-state index is 13.8. The summed E-state index contributed by atoms with van der Waals surface area (Å²) in [6.45, 7) is 4.46. The highest BCUT2D eigenvalue weighted by Gasteiger charge is 2.44. The van der Waals surface area contributed by atoms with Gasteiger partial charge in [-0.15, -0.1) is 0 Å². The van der Waals surface area contributed by atoms with Crippen LogP contribution in [-0.4, -0.2) is 65.9 Å². The lowest BCUT2D eigenvalue weighted by molar-refractivity contribution is -0.136. The van der Waals surface area contributed by atoms with Gasteiger partial charge >= 0.3 is 0 Å². The Balaban J connectivity index is 1.27. The van der Waals surface area contributed by atoms with Crippen molar-refractivity contribution in [3.05, 3.63) is 95.7 Å². The van der Waals surface area contributed by atoms with E-state index in [9.17, 15) is 9.59 Å². The lowest BCUT2D eigenvalue weighted by atomic mass is 9.97. The van der Waals surface area contributed by atoms with Gasteiger partial charge in [0.15, 0.2) is 0 Å². The molecule has 0 bridgehead atoms. The van der Waals surface area contributed by atoms with Crippen molar-refractivity contribution < 1.29 is 14.3 Å². The molecule has 7 heteroatoms. The molecule has 0 radical (unpaired) electrons. The normalized spacial score (nSPS) is 18.3. The maximum Gasteiger partial charge on any atom is 0.255 e. The van der Waals surface area contributed by atoms with Gasteiger partial charge in [0.1, 0.15) is 11.8 Å². The number of aromatic amines is 1. The number of para-hydroxylation sites is 3. The molecule has 2 aliphatic heterocycles. The minimum absolute atomic E-state index is 0.0225. The van der Waals surface area contributed by atoms with Crippen molar-refractivity contribution in [2.75, 3.05) is 38.2 Å². The van der Waals surface area contributed by atoms with Crippen molar-refractivity contribution in [1.82, 2.24) is 14.8 Å². The molecule has 0 unspecified atom stereocenters. The number of ether oxygens (including phenoxy) is 1. The van der Waals surface area contributed by atoms with Crippen LogP contribution >= 0.6 is 0 Å². The van der Waals surface area contributed by atoms with Crippen molar-refractivity contribution >= 4 is 28.4 Å². The second kappa shape index (κ2) is 9.32. The zero-order valence-corrected chi connectivity index (χ0v) is 21.1. The fourth-order valence-electron chi connectivity index (χ4n) is 5.82. The fourth-order valence-corrected chi connectivity index (χ4v) is 5.82. The summed E-state index contributed by atoms with van der Waals surface area (Å²) in [5, 5.41) is 1.06. The highest BCUT2D eigenvalue weighted by Crippen LogP contribution is 2.42. The summed E-state index contributed by atoms with van der Waals surface area (Å²) >= 11 is 0. The minimum Gasteiger partial charge on any atom is -0.495 e. The third-order valence-corrected chi connectivity index (χ3v) is 7.71. The second-order valence-electron chi connectivity index (χ2n) is 9.65. The molecule has 7 nitrogen and oxygen atoms in total. The molecular weight excluding hydrogens is 464 g/mol. The summed E-state index contributed by atoms with van der Waals surface area (Å²) in [6, 6.07) is 22.8. The molecule has 188 valence electrons. The Bertz CT molecular complexity index is 1470. The van der Waals surface area contributed by atoms with Crippen LogP contribution in [0.3, 0.4) is 0 Å². The van der Waals surface area contributed by atoms with Gasteiger partial charge in [-0.25, -0.2) is 0 Å². The first-order chi connectivity index (χ1) is 18.1. The van der Waals surface area contributed by atoms with E-state index in [1.807, 2.05) is 84.8 Å². The first-order valence-electron chi connectivity index (χ1n) is 12.7. The summed E-state index contributed by atoms with van der Waals surface area (Å²) in [5.74, 6) is 0.711. The number of nitrogens with zero attached hydrogens (tertiary/aromatic N) is 3. The number of aromatic nitrogens is 1. The van der Waals surface area contributed by atoms with E-state index in [4.69, 9.17) is 4.74 Å². The van der Waals surface area contributed by atoms with Gasteiger partial charge in [-0.05, 0) is 36.8 Å². The van der Waals surface area contributed by atoms with Crippen molar-refractivity contribution in [3.8, 4) is 5.75 Å². The molecule has 1 aromatic heterocycles. The average molecular weight is 495 g/mol. The number of anilines is 1. The van der Waals surface area contributed by atoms with E-state index in [-0.39, 0.29) is 17.9 Å². The Morgan fingerprint density at radius 3 is 2.43 bits per heavy atom. The van der Waals surface area contributed by atoms with Gasteiger partial charge in [-0.1, -0.05) is 48.5 Å². The van der Waals surface area contributed by atoms with E-state index in [0.29, 0.717) is 31.7 Å². The first kappa shape index (κ1) is 23.2. The largest absolute Gasteiger partial charge is 0.495 e. The van der Waals surface area contributed by atoms with Gasteiger partial charge in [0, 0.05) is 54.4 Å². The number of carbonyl (C=O) groups is 2. The van der Waals surface area contributed by atoms with Crippen LogP contribution in [0.2, 0.25) is 0 Å². The number of H-pyrrole nitrogens is 1. The Morgan fingerprint density at radius 2 is 1.62 bits per heavy atom. The van der Waals surface area contributed by atoms with Crippen molar-refractivity contribution in [3.63, 3.8) is 0 Å². The highest BCUT2D eigenvalue weighted by molar-refractivity contribution is 6.03. The van der Waals surface area contributed by atoms with Crippen molar-refractivity contribution in [2.45, 2.75) is 19.0 Å². The van der Waals surface area contributed by atoms with Crippen LogP contribution in [0.5, 0.6) is 5.75 Å². The van der Waals surface area contributed by atoms with Crippen LogP contribution in [0.4, 0.5) is 5.69 Å². The van der Waals surface area contributed by atoms with Crippen molar-refractivity contribution in [2.24, 2.45) is 0 Å². The molecule has 1 fully saturated rings. The van der Waals surface area contributed by atoms with Crippen LogP contribution < -0.4 is 9.64 Å². The number of fused-ring (bicyclic) bond motifs is 2. The molecule has 0 spiro atoms. The number of hydrogen-bond donors (Lipinski definition) is 1. The molecule has 0 saturated carbocycles. The highest BCUT2D eigenvalue weighted by atomic mass is 16.5. The predicted octanol–water partition coefficient (Wildman–Crippen LogP) is 4.46. The first-order valence-corrected chi connectivity index (χ1v) is 12.7. The Labute approximate surface area is 216 Å². The number of methoxy groups -OCH3 is 1. The fraction of sp³-hybridized carbons (Fsp3) is 0.267. The van der Waals surface area contributed by atoms with E-state index < -0.39 is 6.04 Å². The lowest BCUT2D eigenvalue weighted by Crippen LogP contribution is -2.55. The average Bonchev–Trinajstić information content (AvgIpc) is 3.51. The summed E-state index contributed by atoms with van der Waals surface area (Å²) < 4.78 is 5.53. The summed E-state index contributed by atoms with van der Waals surface area (Å²) in [6.07, 6.45) is 1.97. The number of amides is 2. The van der Waals surface area contributed by atoms with E-state index in [1.165, 1.54) is 0 Å². The SMILES string of the molecule is COc1ccccc1N1CCN(C(=O)[C@@H](C)N2C(=O)c3ccccc3[C@@H]2c2c[nH]c3ccccc23)CC1. The number of benzene rings is 3.